The van der Waals surface area contributed by atoms with E-state index in [0.29, 0.717) is 25.5 Å². The molecule has 31 heavy (non-hydrogen) atoms. The lowest BCUT2D eigenvalue weighted by Gasteiger charge is -2.26. The first-order valence-corrected chi connectivity index (χ1v) is 10.4. The molecule has 7 nitrogen and oxygen atoms in total. The van der Waals surface area contributed by atoms with E-state index in [9.17, 15) is 14.0 Å². The molecule has 0 unspecified atom stereocenters. The molecule has 2 aliphatic heterocycles. The van der Waals surface area contributed by atoms with Crippen LogP contribution in [-0.2, 0) is 11.3 Å². The average Bonchev–Trinajstić information content (AvgIpc) is 3.14. The molecule has 0 bridgehead atoms. The van der Waals surface area contributed by atoms with Crippen LogP contribution in [0.15, 0.2) is 47.5 Å². The van der Waals surface area contributed by atoms with Gasteiger partial charge in [-0.1, -0.05) is 6.07 Å². The van der Waals surface area contributed by atoms with Crippen molar-refractivity contribution in [1.29, 1.82) is 0 Å². The number of halogens is 1. The summed E-state index contributed by atoms with van der Waals surface area (Å²) in [5, 5.41) is 0.289. The predicted molar refractivity (Wildman–Crippen MR) is 112 cm³/mol. The van der Waals surface area contributed by atoms with Crippen LogP contribution in [0.3, 0.4) is 0 Å². The topological polar surface area (TPSA) is 73.7 Å². The standard InChI is InChI=1S/C23H22FN3O4/c24-16-5-6-17-18(12-16)25-14-26(23(17)29)13-22(28)27-8-1-3-19(27)15-4-7-20-21(11-15)31-10-2-9-30-20/h4-7,11-12,14,19H,1-3,8-10,13H2/t19-/m0/s1. The third-order valence-corrected chi connectivity index (χ3v) is 5.82. The lowest BCUT2D eigenvalue weighted by molar-refractivity contribution is -0.132. The Morgan fingerprint density at radius 2 is 1.94 bits per heavy atom. The van der Waals surface area contributed by atoms with Crippen molar-refractivity contribution in [2.45, 2.75) is 31.8 Å². The molecule has 1 atom stereocenters. The zero-order valence-corrected chi connectivity index (χ0v) is 16.9. The first kappa shape index (κ1) is 19.5. The van der Waals surface area contributed by atoms with E-state index >= 15 is 0 Å². The molecule has 0 aliphatic carbocycles. The van der Waals surface area contributed by atoms with Gasteiger partial charge in [-0.25, -0.2) is 9.37 Å². The van der Waals surface area contributed by atoms with E-state index in [1.54, 1.807) is 4.90 Å². The minimum Gasteiger partial charge on any atom is -0.490 e. The average molecular weight is 423 g/mol. The molecule has 3 heterocycles. The van der Waals surface area contributed by atoms with Gasteiger partial charge in [0.1, 0.15) is 12.4 Å². The molecule has 0 saturated carbocycles. The number of ether oxygens (including phenoxy) is 2. The van der Waals surface area contributed by atoms with Gasteiger partial charge in [-0.15, -0.1) is 0 Å². The van der Waals surface area contributed by atoms with E-state index in [2.05, 4.69) is 4.98 Å². The van der Waals surface area contributed by atoms with Gasteiger partial charge in [-0.2, -0.15) is 0 Å². The molecule has 1 saturated heterocycles. The van der Waals surface area contributed by atoms with E-state index in [-0.39, 0.29) is 35.0 Å². The maximum Gasteiger partial charge on any atom is 0.261 e. The Morgan fingerprint density at radius 3 is 2.81 bits per heavy atom. The number of hydrogen-bond donors (Lipinski definition) is 0. The Hall–Kier alpha value is -3.42. The summed E-state index contributed by atoms with van der Waals surface area (Å²) in [5.41, 5.74) is 0.916. The van der Waals surface area contributed by atoms with Gasteiger partial charge in [0.2, 0.25) is 5.91 Å². The fourth-order valence-corrected chi connectivity index (χ4v) is 4.28. The summed E-state index contributed by atoms with van der Waals surface area (Å²) < 4.78 is 26.2. The number of amides is 1. The molecule has 5 rings (SSSR count). The van der Waals surface area contributed by atoms with Gasteiger partial charge in [0.05, 0.1) is 36.5 Å². The summed E-state index contributed by atoms with van der Waals surface area (Å²) in [4.78, 5) is 31.8. The number of carbonyl (C=O) groups is 1. The van der Waals surface area contributed by atoms with Crippen LogP contribution in [0.25, 0.3) is 10.9 Å². The first-order chi connectivity index (χ1) is 15.1. The van der Waals surface area contributed by atoms with E-state index in [1.165, 1.54) is 29.1 Å². The smallest absolute Gasteiger partial charge is 0.261 e. The van der Waals surface area contributed by atoms with Gasteiger partial charge in [-0.05, 0) is 42.7 Å². The van der Waals surface area contributed by atoms with E-state index < -0.39 is 5.82 Å². The van der Waals surface area contributed by atoms with Crippen molar-refractivity contribution in [1.82, 2.24) is 14.5 Å². The van der Waals surface area contributed by atoms with Crippen molar-refractivity contribution >= 4 is 16.8 Å². The zero-order chi connectivity index (χ0) is 21.4. The van der Waals surface area contributed by atoms with Crippen LogP contribution in [0.2, 0.25) is 0 Å². The van der Waals surface area contributed by atoms with Gasteiger partial charge in [0.25, 0.3) is 5.56 Å². The van der Waals surface area contributed by atoms with Gasteiger partial charge in [-0.3, -0.25) is 14.2 Å². The molecule has 2 aliphatic rings. The molecule has 1 aromatic heterocycles. The number of aromatic nitrogens is 2. The fourth-order valence-electron chi connectivity index (χ4n) is 4.28. The Morgan fingerprint density at radius 1 is 1.10 bits per heavy atom. The van der Waals surface area contributed by atoms with E-state index in [1.807, 2.05) is 18.2 Å². The van der Waals surface area contributed by atoms with Gasteiger partial charge >= 0.3 is 0 Å². The molecule has 2 aromatic carbocycles. The highest BCUT2D eigenvalue weighted by molar-refractivity contribution is 5.79. The number of rotatable bonds is 3. The van der Waals surface area contributed by atoms with Crippen LogP contribution in [0.4, 0.5) is 4.39 Å². The van der Waals surface area contributed by atoms with Crippen molar-refractivity contribution in [2.75, 3.05) is 19.8 Å². The van der Waals surface area contributed by atoms with Crippen LogP contribution >= 0.6 is 0 Å². The van der Waals surface area contributed by atoms with E-state index in [0.717, 1.165) is 30.6 Å². The third-order valence-electron chi connectivity index (χ3n) is 5.82. The highest BCUT2D eigenvalue weighted by Crippen LogP contribution is 2.38. The second kappa shape index (κ2) is 8.02. The Balaban J connectivity index is 1.39. The second-order valence-electron chi connectivity index (χ2n) is 7.84. The normalized spacial score (nSPS) is 18.2. The Labute approximate surface area is 178 Å². The number of carbonyl (C=O) groups excluding carboxylic acids is 1. The SMILES string of the molecule is O=C(Cn1cnc2cc(F)ccc2c1=O)N1CCC[C@H]1c1ccc2c(c1)OCCCO2. The van der Waals surface area contributed by atoms with Crippen LogP contribution in [0.5, 0.6) is 11.5 Å². The molecule has 0 radical (unpaired) electrons. The van der Waals surface area contributed by atoms with Crippen molar-refractivity contribution < 1.29 is 18.7 Å². The van der Waals surface area contributed by atoms with Crippen LogP contribution in [0.1, 0.15) is 30.9 Å². The molecule has 3 aromatic rings. The highest BCUT2D eigenvalue weighted by Gasteiger charge is 2.31. The largest absolute Gasteiger partial charge is 0.490 e. The first-order valence-electron chi connectivity index (χ1n) is 10.4. The maximum atomic E-state index is 13.4. The molecule has 8 heteroatoms. The summed E-state index contributed by atoms with van der Waals surface area (Å²) in [6, 6.07) is 9.58. The molecular formula is C23H22FN3O4. The zero-order valence-electron chi connectivity index (χ0n) is 16.9. The molecule has 0 N–H and O–H groups in total. The summed E-state index contributed by atoms with van der Waals surface area (Å²) in [5.74, 6) is 0.821. The van der Waals surface area contributed by atoms with Crippen molar-refractivity contribution in [3.8, 4) is 11.5 Å². The summed E-state index contributed by atoms with van der Waals surface area (Å²) in [6.07, 6.45) is 3.87. The minimum atomic E-state index is -0.455. The number of likely N-dealkylation sites (tertiary alicyclic amines) is 1. The Bertz CT molecular complexity index is 1210. The van der Waals surface area contributed by atoms with Crippen LogP contribution < -0.4 is 15.0 Å². The number of nitrogens with zero attached hydrogens (tertiary/aromatic N) is 3. The molecule has 1 fully saturated rings. The fraction of sp³-hybridized carbons (Fsp3) is 0.348. The summed E-state index contributed by atoms with van der Waals surface area (Å²) in [6.45, 7) is 1.74. The van der Waals surface area contributed by atoms with Gasteiger partial charge in [0.15, 0.2) is 11.5 Å². The lowest BCUT2D eigenvalue weighted by Crippen LogP contribution is -2.36. The highest BCUT2D eigenvalue weighted by atomic mass is 19.1. The monoisotopic (exact) mass is 423 g/mol. The third kappa shape index (κ3) is 3.73. The predicted octanol–water partition coefficient (Wildman–Crippen LogP) is 3.06. The minimum absolute atomic E-state index is 0.0807. The summed E-state index contributed by atoms with van der Waals surface area (Å²) >= 11 is 0. The quantitative estimate of drug-likeness (QED) is 0.647. The maximum absolute atomic E-state index is 13.4. The molecule has 1 amide bonds. The molecular weight excluding hydrogens is 401 g/mol. The van der Waals surface area contributed by atoms with E-state index in [4.69, 9.17) is 9.47 Å². The van der Waals surface area contributed by atoms with Crippen molar-refractivity contribution in [3.05, 3.63) is 64.5 Å². The second-order valence-corrected chi connectivity index (χ2v) is 7.84. The number of hydrogen-bond acceptors (Lipinski definition) is 5. The Kier molecular flexibility index (Phi) is 5.05. The summed E-state index contributed by atoms with van der Waals surface area (Å²) in [7, 11) is 0. The van der Waals surface area contributed by atoms with Crippen LogP contribution in [0, 0.1) is 5.82 Å². The van der Waals surface area contributed by atoms with Gasteiger partial charge in [0, 0.05) is 19.0 Å². The lowest BCUT2D eigenvalue weighted by atomic mass is 10.0. The van der Waals surface area contributed by atoms with Crippen molar-refractivity contribution in [3.63, 3.8) is 0 Å². The molecule has 0 spiro atoms. The number of benzene rings is 2. The molecule has 160 valence electrons. The number of fused-ring (bicyclic) bond motifs is 2. The van der Waals surface area contributed by atoms with Gasteiger partial charge < -0.3 is 14.4 Å². The van der Waals surface area contributed by atoms with Crippen LogP contribution in [-0.4, -0.2) is 40.1 Å². The van der Waals surface area contributed by atoms with Crippen molar-refractivity contribution in [2.24, 2.45) is 0 Å².